The molecule has 3 aliphatic heterocycles. The van der Waals surface area contributed by atoms with Gasteiger partial charge in [-0.05, 0) is 114 Å². The highest BCUT2D eigenvalue weighted by molar-refractivity contribution is 7.89. The fourth-order valence-electron chi connectivity index (χ4n) is 7.76. The molecule has 1 N–H and O–H groups in total. The van der Waals surface area contributed by atoms with Crippen LogP contribution in [0.5, 0.6) is 11.5 Å². The van der Waals surface area contributed by atoms with Crippen molar-refractivity contribution >= 4 is 33.6 Å². The first-order valence-electron chi connectivity index (χ1n) is 17.3. The Bertz CT molecular complexity index is 1530. The Morgan fingerprint density at radius 2 is 1.50 bits per heavy atom. The smallest absolute Gasteiger partial charge is 0.407 e. The lowest BCUT2D eigenvalue weighted by Crippen LogP contribution is -2.57. The molecule has 6 rings (SSSR count). The average molecular weight is 702 g/mol. The van der Waals surface area contributed by atoms with Gasteiger partial charge in [0.25, 0.3) is 0 Å². The van der Waals surface area contributed by atoms with E-state index in [2.05, 4.69) is 5.32 Å². The van der Waals surface area contributed by atoms with E-state index in [1.807, 2.05) is 25.7 Å². The molecule has 2 amide bonds. The maximum absolute atomic E-state index is 14.4. The van der Waals surface area contributed by atoms with Crippen LogP contribution in [-0.2, 0) is 19.6 Å². The number of amides is 2. The van der Waals surface area contributed by atoms with Crippen LogP contribution in [0.15, 0.2) is 53.4 Å². The van der Waals surface area contributed by atoms with Crippen LogP contribution in [0.4, 0.5) is 4.79 Å². The number of nitrogens with zero attached hydrogens (tertiary/aromatic N) is 2. The second kappa shape index (κ2) is 14.5. The summed E-state index contributed by atoms with van der Waals surface area (Å²) in [5, 5.41) is 3.55. The molecule has 0 spiro atoms. The molecule has 12 heteroatoms. The Kier molecular flexibility index (Phi) is 10.5. The van der Waals surface area contributed by atoms with Crippen molar-refractivity contribution in [2.24, 2.45) is 5.92 Å². The topological polar surface area (TPSA) is 114 Å². The monoisotopic (exact) mass is 701 g/mol. The summed E-state index contributed by atoms with van der Waals surface area (Å²) in [6.45, 7) is 6.13. The zero-order chi connectivity index (χ0) is 34.1. The van der Waals surface area contributed by atoms with E-state index in [4.69, 9.17) is 25.8 Å². The predicted octanol–water partition coefficient (Wildman–Crippen LogP) is 6.56. The van der Waals surface area contributed by atoms with Crippen molar-refractivity contribution < 1.29 is 32.2 Å². The number of carbonyl (C=O) groups is 2. The van der Waals surface area contributed by atoms with Crippen molar-refractivity contribution in [1.82, 2.24) is 14.5 Å². The van der Waals surface area contributed by atoms with Crippen LogP contribution in [0.2, 0.25) is 5.02 Å². The van der Waals surface area contributed by atoms with Crippen molar-refractivity contribution in [1.29, 1.82) is 0 Å². The van der Waals surface area contributed by atoms with Gasteiger partial charge in [-0.1, -0.05) is 30.9 Å². The molecule has 262 valence electrons. The van der Waals surface area contributed by atoms with E-state index in [0.29, 0.717) is 41.9 Å². The molecule has 3 heterocycles. The van der Waals surface area contributed by atoms with Crippen LogP contribution in [0.1, 0.15) is 85.0 Å². The second-order valence-electron chi connectivity index (χ2n) is 14.8. The highest BCUT2D eigenvalue weighted by Gasteiger charge is 2.51. The first kappa shape index (κ1) is 34.8. The first-order chi connectivity index (χ1) is 22.9. The van der Waals surface area contributed by atoms with E-state index in [9.17, 15) is 18.0 Å². The quantitative estimate of drug-likeness (QED) is 0.315. The molecule has 2 bridgehead atoms. The predicted molar refractivity (Wildman–Crippen MR) is 183 cm³/mol. The van der Waals surface area contributed by atoms with Crippen LogP contribution in [-0.4, -0.2) is 78.6 Å². The van der Waals surface area contributed by atoms with Crippen LogP contribution in [0.25, 0.3) is 0 Å². The van der Waals surface area contributed by atoms with E-state index in [-0.39, 0.29) is 41.9 Å². The molecule has 4 fully saturated rings. The summed E-state index contributed by atoms with van der Waals surface area (Å²) in [6, 6.07) is 12.2. The number of hydrogen-bond donors (Lipinski definition) is 1. The summed E-state index contributed by atoms with van der Waals surface area (Å²) < 4.78 is 47.5. The van der Waals surface area contributed by atoms with Crippen molar-refractivity contribution in [2.45, 2.75) is 126 Å². The number of sulfonamides is 1. The number of benzene rings is 2. The molecule has 2 aromatic carbocycles. The summed E-state index contributed by atoms with van der Waals surface area (Å²) >= 11 is 6.07. The second-order valence-corrected chi connectivity index (χ2v) is 17.1. The van der Waals surface area contributed by atoms with Crippen LogP contribution in [0.3, 0.4) is 0 Å². The lowest BCUT2D eigenvalue weighted by molar-refractivity contribution is -0.139. The number of nitrogens with one attached hydrogen (secondary N) is 1. The van der Waals surface area contributed by atoms with Gasteiger partial charge in [0.15, 0.2) is 0 Å². The number of piperidine rings is 1. The Balaban J connectivity index is 1.18. The Morgan fingerprint density at radius 1 is 0.875 bits per heavy atom. The summed E-state index contributed by atoms with van der Waals surface area (Å²) in [6.07, 6.45) is 8.07. The van der Waals surface area contributed by atoms with Gasteiger partial charge < -0.3 is 24.4 Å². The molecule has 0 aromatic heterocycles. The third-order valence-electron chi connectivity index (χ3n) is 9.97. The zero-order valence-corrected chi connectivity index (χ0v) is 29.7. The van der Waals surface area contributed by atoms with Crippen molar-refractivity contribution in [3.63, 3.8) is 0 Å². The maximum atomic E-state index is 14.4. The standard InChI is InChI=1S/C36H48ClN3O7S/c1-36(2,3)47-35(42)38-26-19-27-11-12-28(20-26)40(27)34(41)33-21-31(46-30-13-9-25(37)10-14-30)22-39(33)48(43,44)32-17-15-29(16-18-32)45-23-24-7-5-4-6-8-24/h9-10,13-18,24,26-28,31,33H,4-8,11-12,19-23H2,1-3H3,(H,38,42)/t26?,27?,28?,31-,33-/m0/s1. The van der Waals surface area contributed by atoms with Gasteiger partial charge in [-0.15, -0.1) is 0 Å². The summed E-state index contributed by atoms with van der Waals surface area (Å²) in [7, 11) is -4.06. The molecule has 0 radical (unpaired) electrons. The lowest BCUT2D eigenvalue weighted by Gasteiger charge is -2.41. The van der Waals surface area contributed by atoms with Gasteiger partial charge in [0.05, 0.1) is 18.0 Å². The van der Waals surface area contributed by atoms with E-state index >= 15 is 0 Å². The molecule has 10 nitrogen and oxygen atoms in total. The zero-order valence-electron chi connectivity index (χ0n) is 28.1. The molecule has 4 atom stereocenters. The molecule has 1 aliphatic carbocycles. The van der Waals surface area contributed by atoms with E-state index < -0.39 is 33.9 Å². The fourth-order valence-corrected chi connectivity index (χ4v) is 9.51. The third-order valence-corrected chi connectivity index (χ3v) is 12.1. The van der Waals surface area contributed by atoms with Crippen molar-refractivity contribution in [3.05, 3.63) is 53.6 Å². The average Bonchev–Trinajstić information content (AvgIpc) is 3.59. The SMILES string of the molecule is CC(C)(C)OC(=O)NC1CC2CCC(C1)N2C(=O)[C@@H]1C[C@H](Oc2ccc(Cl)cc2)CN1S(=O)(=O)c1ccc(OCC2CCCCC2)cc1. The molecule has 48 heavy (non-hydrogen) atoms. The molecule has 2 aromatic rings. The number of rotatable bonds is 9. The molecule has 4 aliphatic rings. The Labute approximate surface area is 289 Å². The minimum Gasteiger partial charge on any atom is -0.493 e. The largest absolute Gasteiger partial charge is 0.493 e. The normalized spacial score (nSPS) is 26.7. The molecule has 1 saturated carbocycles. The number of ether oxygens (including phenoxy) is 3. The van der Waals surface area contributed by atoms with E-state index in [1.165, 1.54) is 23.6 Å². The van der Waals surface area contributed by atoms with Gasteiger partial charge in [0.1, 0.15) is 29.2 Å². The number of fused-ring (bicyclic) bond motifs is 2. The lowest BCUT2D eigenvalue weighted by atomic mass is 9.90. The van der Waals surface area contributed by atoms with Crippen molar-refractivity contribution in [2.75, 3.05) is 13.2 Å². The first-order valence-corrected chi connectivity index (χ1v) is 19.2. The van der Waals surface area contributed by atoms with E-state index in [1.54, 1.807) is 48.5 Å². The van der Waals surface area contributed by atoms with Crippen LogP contribution in [0, 0.1) is 5.92 Å². The molecular weight excluding hydrogens is 654 g/mol. The Morgan fingerprint density at radius 3 is 2.12 bits per heavy atom. The summed E-state index contributed by atoms with van der Waals surface area (Å²) in [5.41, 5.74) is -0.607. The van der Waals surface area contributed by atoms with Gasteiger partial charge in [-0.2, -0.15) is 4.31 Å². The number of carbonyl (C=O) groups excluding carboxylic acids is 2. The van der Waals surface area contributed by atoms with Gasteiger partial charge >= 0.3 is 6.09 Å². The number of hydrogen-bond acceptors (Lipinski definition) is 7. The van der Waals surface area contributed by atoms with Gasteiger partial charge in [0, 0.05) is 29.6 Å². The van der Waals surface area contributed by atoms with Crippen molar-refractivity contribution in [3.8, 4) is 11.5 Å². The van der Waals surface area contributed by atoms with Crippen LogP contribution < -0.4 is 14.8 Å². The van der Waals surface area contributed by atoms with E-state index in [0.717, 1.165) is 25.7 Å². The number of alkyl carbamates (subject to hydrolysis) is 1. The Hall–Kier alpha value is -3.02. The fraction of sp³-hybridized carbons (Fsp3) is 0.611. The highest BCUT2D eigenvalue weighted by atomic mass is 35.5. The molecular formula is C36H48ClN3O7S. The number of halogens is 1. The molecule has 3 saturated heterocycles. The third kappa shape index (κ3) is 8.22. The van der Waals surface area contributed by atoms with Crippen LogP contribution >= 0.6 is 11.6 Å². The minimum atomic E-state index is -4.06. The van der Waals surface area contributed by atoms with Gasteiger partial charge in [-0.3, -0.25) is 4.79 Å². The molecule has 2 unspecified atom stereocenters. The highest BCUT2D eigenvalue weighted by Crippen LogP contribution is 2.39. The van der Waals surface area contributed by atoms with Gasteiger partial charge in [-0.25, -0.2) is 13.2 Å². The van der Waals surface area contributed by atoms with Gasteiger partial charge in [0.2, 0.25) is 15.9 Å². The minimum absolute atomic E-state index is 0.0350. The summed E-state index contributed by atoms with van der Waals surface area (Å²) in [5.74, 6) is 1.52. The summed E-state index contributed by atoms with van der Waals surface area (Å²) in [4.78, 5) is 28.9. The maximum Gasteiger partial charge on any atom is 0.407 e.